The standard InChI is InChI=1S/C12H16BrNO3S/c1-12(2,18(3,16)17)11(15)14-8-9-4-6-10(13)7-5-9/h4-7H,8H2,1-3H3,(H,14,15). The molecule has 0 saturated heterocycles. The average Bonchev–Trinajstić information content (AvgIpc) is 2.26. The Balaban J connectivity index is 2.70. The fourth-order valence-electron chi connectivity index (χ4n) is 1.17. The van der Waals surface area contributed by atoms with Gasteiger partial charge in [-0.15, -0.1) is 0 Å². The predicted molar refractivity (Wildman–Crippen MR) is 74.9 cm³/mol. The van der Waals surface area contributed by atoms with Gasteiger partial charge in [-0.3, -0.25) is 4.79 Å². The van der Waals surface area contributed by atoms with Gasteiger partial charge < -0.3 is 5.32 Å². The van der Waals surface area contributed by atoms with Gasteiger partial charge in [-0.05, 0) is 31.5 Å². The molecule has 0 fully saturated rings. The van der Waals surface area contributed by atoms with Crippen LogP contribution >= 0.6 is 15.9 Å². The zero-order valence-electron chi connectivity index (χ0n) is 10.5. The number of benzene rings is 1. The Hall–Kier alpha value is -0.880. The summed E-state index contributed by atoms with van der Waals surface area (Å²) >= 11 is 3.32. The van der Waals surface area contributed by atoms with Crippen molar-refractivity contribution in [1.82, 2.24) is 5.32 Å². The molecule has 1 aromatic carbocycles. The number of sulfone groups is 1. The van der Waals surface area contributed by atoms with E-state index in [1.54, 1.807) is 0 Å². The number of hydrogen-bond donors (Lipinski definition) is 1. The molecule has 0 saturated carbocycles. The Morgan fingerprint density at radius 2 is 1.78 bits per heavy atom. The van der Waals surface area contributed by atoms with E-state index < -0.39 is 20.5 Å². The maximum Gasteiger partial charge on any atom is 0.241 e. The number of carbonyl (C=O) groups excluding carboxylic acids is 1. The molecular formula is C12H16BrNO3S. The molecule has 0 aliphatic carbocycles. The van der Waals surface area contributed by atoms with Crippen LogP contribution in [0.4, 0.5) is 0 Å². The minimum Gasteiger partial charge on any atom is -0.351 e. The summed E-state index contributed by atoms with van der Waals surface area (Å²) in [6.07, 6.45) is 1.06. The molecule has 0 heterocycles. The van der Waals surface area contributed by atoms with Crippen LogP contribution in [0, 0.1) is 0 Å². The number of amides is 1. The first-order chi connectivity index (χ1) is 8.14. The largest absolute Gasteiger partial charge is 0.351 e. The van der Waals surface area contributed by atoms with Crippen LogP contribution in [0.5, 0.6) is 0 Å². The number of halogens is 1. The smallest absolute Gasteiger partial charge is 0.241 e. The zero-order valence-corrected chi connectivity index (χ0v) is 12.9. The van der Waals surface area contributed by atoms with Crippen LogP contribution < -0.4 is 5.32 Å². The Bertz CT molecular complexity index is 535. The number of carbonyl (C=O) groups is 1. The van der Waals surface area contributed by atoms with Gasteiger partial charge in [0.2, 0.25) is 5.91 Å². The predicted octanol–water partition coefficient (Wildman–Crippen LogP) is 1.89. The summed E-state index contributed by atoms with van der Waals surface area (Å²) in [5, 5.41) is 2.63. The SMILES string of the molecule is CC(C)(C(=O)NCc1ccc(Br)cc1)S(C)(=O)=O. The van der Waals surface area contributed by atoms with Gasteiger partial charge in [0.05, 0.1) is 0 Å². The summed E-state index contributed by atoms with van der Waals surface area (Å²) in [7, 11) is -3.43. The van der Waals surface area contributed by atoms with Crippen LogP contribution in [0.1, 0.15) is 19.4 Å². The molecule has 1 N–H and O–H groups in total. The van der Waals surface area contributed by atoms with Crippen LogP contribution in [0.2, 0.25) is 0 Å². The molecule has 4 nitrogen and oxygen atoms in total. The van der Waals surface area contributed by atoms with E-state index in [0.29, 0.717) is 6.54 Å². The Morgan fingerprint density at radius 3 is 2.22 bits per heavy atom. The van der Waals surface area contributed by atoms with E-state index in [2.05, 4.69) is 21.2 Å². The van der Waals surface area contributed by atoms with Gasteiger partial charge in [0.15, 0.2) is 9.84 Å². The molecule has 0 atom stereocenters. The molecule has 100 valence electrons. The number of nitrogens with one attached hydrogen (secondary N) is 1. The first-order valence-corrected chi connectivity index (χ1v) is 8.05. The molecule has 0 aliphatic heterocycles. The second-order valence-electron chi connectivity index (χ2n) is 4.59. The normalized spacial score (nSPS) is 12.2. The summed E-state index contributed by atoms with van der Waals surface area (Å²) in [5.74, 6) is -0.493. The molecule has 0 spiro atoms. The lowest BCUT2D eigenvalue weighted by Gasteiger charge is -2.21. The molecule has 0 aromatic heterocycles. The molecule has 0 aliphatic rings. The van der Waals surface area contributed by atoms with E-state index in [1.165, 1.54) is 13.8 Å². The second-order valence-corrected chi connectivity index (χ2v) is 8.07. The fraction of sp³-hybridized carbons (Fsp3) is 0.417. The van der Waals surface area contributed by atoms with Crippen molar-refractivity contribution < 1.29 is 13.2 Å². The fourth-order valence-corrected chi connectivity index (χ4v) is 1.84. The van der Waals surface area contributed by atoms with Crippen LogP contribution in [-0.4, -0.2) is 25.3 Å². The second kappa shape index (κ2) is 5.40. The van der Waals surface area contributed by atoms with Crippen molar-refractivity contribution in [2.24, 2.45) is 0 Å². The highest BCUT2D eigenvalue weighted by Crippen LogP contribution is 2.16. The van der Waals surface area contributed by atoms with Crippen molar-refractivity contribution in [2.75, 3.05) is 6.26 Å². The lowest BCUT2D eigenvalue weighted by atomic mass is 10.1. The lowest BCUT2D eigenvalue weighted by Crippen LogP contribution is -2.47. The van der Waals surface area contributed by atoms with Crippen molar-refractivity contribution in [3.05, 3.63) is 34.3 Å². The lowest BCUT2D eigenvalue weighted by molar-refractivity contribution is -0.123. The van der Waals surface area contributed by atoms with Gasteiger partial charge in [-0.1, -0.05) is 28.1 Å². The quantitative estimate of drug-likeness (QED) is 0.915. The monoisotopic (exact) mass is 333 g/mol. The van der Waals surface area contributed by atoms with Gasteiger partial charge in [0.1, 0.15) is 4.75 Å². The van der Waals surface area contributed by atoms with Crippen molar-refractivity contribution in [1.29, 1.82) is 0 Å². The van der Waals surface area contributed by atoms with Gasteiger partial charge in [-0.2, -0.15) is 0 Å². The minimum atomic E-state index is -3.43. The zero-order chi connectivity index (χ0) is 14.0. The Kier molecular flexibility index (Phi) is 4.55. The van der Waals surface area contributed by atoms with Crippen molar-refractivity contribution in [3.8, 4) is 0 Å². The first-order valence-electron chi connectivity index (χ1n) is 5.37. The topological polar surface area (TPSA) is 63.2 Å². The van der Waals surface area contributed by atoms with Gasteiger partial charge >= 0.3 is 0 Å². The molecule has 1 rings (SSSR count). The molecular weight excluding hydrogens is 318 g/mol. The van der Waals surface area contributed by atoms with E-state index in [0.717, 1.165) is 16.3 Å². The van der Waals surface area contributed by atoms with Crippen LogP contribution in [0.15, 0.2) is 28.7 Å². The third-order valence-corrected chi connectivity index (χ3v) is 5.41. The Morgan fingerprint density at radius 1 is 1.28 bits per heavy atom. The molecule has 1 aromatic rings. The van der Waals surface area contributed by atoms with E-state index in [9.17, 15) is 13.2 Å². The third-order valence-electron chi connectivity index (χ3n) is 2.84. The molecule has 0 bridgehead atoms. The van der Waals surface area contributed by atoms with E-state index in [-0.39, 0.29) is 0 Å². The summed E-state index contributed by atoms with van der Waals surface area (Å²) in [6, 6.07) is 7.45. The highest BCUT2D eigenvalue weighted by molar-refractivity contribution is 9.10. The summed E-state index contributed by atoms with van der Waals surface area (Å²) < 4.78 is 22.5. The molecule has 6 heteroatoms. The van der Waals surface area contributed by atoms with Crippen LogP contribution in [0.25, 0.3) is 0 Å². The van der Waals surface area contributed by atoms with Crippen molar-refractivity contribution in [3.63, 3.8) is 0 Å². The molecule has 0 radical (unpaired) electrons. The van der Waals surface area contributed by atoms with E-state index in [4.69, 9.17) is 0 Å². The number of hydrogen-bond acceptors (Lipinski definition) is 3. The summed E-state index contributed by atoms with van der Waals surface area (Å²) in [5.41, 5.74) is 0.913. The molecule has 1 amide bonds. The van der Waals surface area contributed by atoms with Gasteiger partial charge in [0.25, 0.3) is 0 Å². The maximum atomic E-state index is 11.9. The summed E-state index contributed by atoms with van der Waals surface area (Å²) in [4.78, 5) is 11.9. The molecule has 0 unspecified atom stereocenters. The third kappa shape index (κ3) is 3.55. The maximum absolute atomic E-state index is 11.9. The van der Waals surface area contributed by atoms with E-state index >= 15 is 0 Å². The average molecular weight is 334 g/mol. The van der Waals surface area contributed by atoms with Crippen LogP contribution in [0.3, 0.4) is 0 Å². The highest BCUT2D eigenvalue weighted by Gasteiger charge is 2.38. The van der Waals surface area contributed by atoms with Crippen LogP contribution in [-0.2, 0) is 21.2 Å². The van der Waals surface area contributed by atoms with E-state index in [1.807, 2.05) is 24.3 Å². The number of rotatable bonds is 4. The van der Waals surface area contributed by atoms with Gasteiger partial charge in [-0.25, -0.2) is 8.42 Å². The van der Waals surface area contributed by atoms with Gasteiger partial charge in [0, 0.05) is 17.3 Å². The first kappa shape index (κ1) is 15.2. The minimum absolute atomic E-state index is 0.311. The highest BCUT2D eigenvalue weighted by atomic mass is 79.9. The van der Waals surface area contributed by atoms with Crippen molar-refractivity contribution >= 4 is 31.7 Å². The van der Waals surface area contributed by atoms with Crippen molar-refractivity contribution in [2.45, 2.75) is 25.1 Å². The summed E-state index contributed by atoms with van der Waals surface area (Å²) in [6.45, 7) is 3.11. The Labute approximate surface area is 116 Å². The molecule has 18 heavy (non-hydrogen) atoms.